The summed E-state index contributed by atoms with van der Waals surface area (Å²) in [7, 11) is 0. The zero-order chi connectivity index (χ0) is 62.0. The van der Waals surface area contributed by atoms with Gasteiger partial charge in [0.05, 0.1) is 139 Å². The molecule has 2 aliphatic rings. The molecule has 27 heteroatoms. The third-order valence-corrected chi connectivity index (χ3v) is 15.3. The molecule has 87 heavy (non-hydrogen) atoms. The highest BCUT2D eigenvalue weighted by Gasteiger charge is 2.44. The fourth-order valence-electron chi connectivity index (χ4n) is 9.96. The van der Waals surface area contributed by atoms with Crippen LogP contribution in [0.2, 0.25) is 0 Å². The number of nitrogens with one attached hydrogen (secondary N) is 2. The van der Waals surface area contributed by atoms with E-state index in [0.29, 0.717) is 147 Å². The standard InChI is InChI=1S/C60H70Br2N10O15/c1-9-82-57(73)47-35(3)63-37(5)49(53(47)51-39(7)86-67-55(51)43-15-11-13-17-45(43)61)59(75)84-33-41-31-71(69-65-41)19-21-77-23-25-79-27-29-81-30-28-80-26-24-78-22-20-72-32-42(66-70-72)34-85-60(76)50-38(6)64-36(4)48(58(74)83-10-2)54(50)52-40(8)87-68-56(52)44-16-12-14-18-46(44)62/h11-18,31-32,53-54,63-64H,9-10,19-30,33-34H2,1-8H3. The third-order valence-electron chi connectivity index (χ3n) is 13.9. The molecule has 2 N–H and O–H groups in total. The van der Waals surface area contributed by atoms with E-state index in [2.05, 4.69) is 73.4 Å². The molecule has 0 radical (unpaired) electrons. The molecule has 8 rings (SSSR count). The van der Waals surface area contributed by atoms with Gasteiger partial charge in [-0.2, -0.15) is 0 Å². The van der Waals surface area contributed by atoms with Gasteiger partial charge in [0.1, 0.15) is 47.5 Å². The Morgan fingerprint density at radius 3 is 1.14 bits per heavy atom. The van der Waals surface area contributed by atoms with Crippen molar-refractivity contribution < 1.29 is 70.9 Å². The molecular weight excluding hydrogens is 1260 g/mol. The smallest absolute Gasteiger partial charge is 0.337 e. The lowest BCUT2D eigenvalue weighted by molar-refractivity contribution is -0.142. The molecule has 0 fully saturated rings. The number of nitrogens with zero attached hydrogens (tertiary/aromatic N) is 8. The van der Waals surface area contributed by atoms with Gasteiger partial charge < -0.3 is 62.3 Å². The summed E-state index contributed by atoms with van der Waals surface area (Å²) in [5.41, 5.74) is 7.24. The van der Waals surface area contributed by atoms with Crippen molar-refractivity contribution >= 4 is 55.7 Å². The molecular formula is C60H70Br2N10O15. The minimum Gasteiger partial charge on any atom is -0.463 e. The van der Waals surface area contributed by atoms with E-state index >= 15 is 0 Å². The Bertz CT molecular complexity index is 3300. The second-order valence-corrected chi connectivity index (χ2v) is 21.5. The Labute approximate surface area is 519 Å². The first-order valence-electron chi connectivity index (χ1n) is 28.3. The van der Waals surface area contributed by atoms with Crippen molar-refractivity contribution in [2.45, 2.75) is 93.5 Å². The summed E-state index contributed by atoms with van der Waals surface area (Å²) in [6, 6.07) is 15.0. The van der Waals surface area contributed by atoms with E-state index in [-0.39, 0.29) is 48.7 Å². The highest BCUT2D eigenvalue weighted by atomic mass is 79.9. The number of aromatic nitrogens is 8. The summed E-state index contributed by atoms with van der Waals surface area (Å²) >= 11 is 7.21. The average molecular weight is 1330 g/mol. The lowest BCUT2D eigenvalue weighted by Gasteiger charge is -2.30. The van der Waals surface area contributed by atoms with Gasteiger partial charge in [-0.3, -0.25) is 0 Å². The number of carbonyl (C=O) groups excluding carboxylic acids is 4. The van der Waals surface area contributed by atoms with Crippen LogP contribution in [0.1, 0.15) is 87.4 Å². The van der Waals surface area contributed by atoms with Gasteiger partial charge in [-0.25, -0.2) is 28.5 Å². The van der Waals surface area contributed by atoms with Crippen molar-refractivity contribution in [3.05, 3.63) is 149 Å². The largest absolute Gasteiger partial charge is 0.463 e. The van der Waals surface area contributed by atoms with Crippen LogP contribution in [0.5, 0.6) is 0 Å². The van der Waals surface area contributed by atoms with Gasteiger partial charge in [-0.15, -0.1) is 10.2 Å². The van der Waals surface area contributed by atoms with Crippen LogP contribution in [-0.2, 0) is 88.1 Å². The van der Waals surface area contributed by atoms with Crippen molar-refractivity contribution in [1.82, 2.24) is 50.9 Å². The molecule has 4 aromatic heterocycles. The van der Waals surface area contributed by atoms with E-state index in [1.54, 1.807) is 77.1 Å². The Kier molecular flexibility index (Phi) is 23.9. The highest BCUT2D eigenvalue weighted by Crippen LogP contribution is 2.47. The molecule has 2 unspecified atom stereocenters. The number of benzene rings is 2. The van der Waals surface area contributed by atoms with Crippen molar-refractivity contribution in [2.75, 3.05) is 79.3 Å². The van der Waals surface area contributed by atoms with Gasteiger partial charge in [0.2, 0.25) is 0 Å². The van der Waals surface area contributed by atoms with Crippen molar-refractivity contribution in [2.24, 2.45) is 0 Å². The molecule has 6 aromatic rings. The summed E-state index contributed by atoms with van der Waals surface area (Å²) in [5.74, 6) is -3.49. The van der Waals surface area contributed by atoms with E-state index in [1.807, 2.05) is 48.5 Å². The van der Waals surface area contributed by atoms with Gasteiger partial charge in [0.15, 0.2) is 0 Å². The van der Waals surface area contributed by atoms with E-state index < -0.39 is 35.7 Å². The minimum absolute atomic E-state index is 0.133. The first-order valence-corrected chi connectivity index (χ1v) is 29.8. The fraction of sp³-hybridized carbons (Fsp3) is 0.433. The van der Waals surface area contributed by atoms with Crippen molar-refractivity contribution in [3.63, 3.8) is 0 Å². The van der Waals surface area contributed by atoms with Crippen molar-refractivity contribution in [3.8, 4) is 22.5 Å². The quantitative estimate of drug-likeness (QED) is 0.0228. The summed E-state index contributed by atoms with van der Waals surface area (Å²) < 4.78 is 67.1. The zero-order valence-electron chi connectivity index (χ0n) is 49.7. The summed E-state index contributed by atoms with van der Waals surface area (Å²) in [6.45, 7) is 18.3. The predicted molar refractivity (Wildman–Crippen MR) is 318 cm³/mol. The second-order valence-electron chi connectivity index (χ2n) is 19.8. The number of ether oxygens (including phenoxy) is 9. The first-order chi connectivity index (χ1) is 42.1. The monoisotopic (exact) mass is 1330 g/mol. The summed E-state index contributed by atoms with van der Waals surface area (Å²) in [6.07, 6.45) is 3.34. The molecule has 0 bridgehead atoms. The van der Waals surface area contributed by atoms with Crippen molar-refractivity contribution in [1.29, 1.82) is 0 Å². The van der Waals surface area contributed by atoms with E-state index in [1.165, 1.54) is 0 Å². The van der Waals surface area contributed by atoms with Crippen LogP contribution in [0.25, 0.3) is 22.5 Å². The third kappa shape index (κ3) is 16.5. The number of allylic oxidation sites excluding steroid dienone is 4. The minimum atomic E-state index is -0.920. The number of rotatable bonds is 32. The Balaban J connectivity index is 0.676. The molecule has 464 valence electrons. The Morgan fingerprint density at radius 2 is 0.805 bits per heavy atom. The van der Waals surface area contributed by atoms with Crippen LogP contribution in [0.3, 0.4) is 0 Å². The molecule has 0 spiro atoms. The van der Waals surface area contributed by atoms with Gasteiger partial charge in [0, 0.05) is 54.0 Å². The molecule has 0 saturated heterocycles. The number of carbonyl (C=O) groups is 4. The topological polar surface area (TPSA) is 289 Å². The van der Waals surface area contributed by atoms with Gasteiger partial charge in [-0.05, 0) is 67.5 Å². The maximum absolute atomic E-state index is 14.1. The number of hydrogen-bond donors (Lipinski definition) is 2. The van der Waals surface area contributed by atoms with E-state index in [9.17, 15) is 19.2 Å². The Hall–Kier alpha value is -7.66. The molecule has 0 amide bonds. The molecule has 0 aliphatic carbocycles. The van der Waals surface area contributed by atoms with Crippen LogP contribution >= 0.6 is 31.9 Å². The maximum atomic E-state index is 14.1. The predicted octanol–water partition coefficient (Wildman–Crippen LogP) is 8.19. The normalized spacial score (nSPS) is 15.2. The fourth-order valence-corrected chi connectivity index (χ4v) is 10.9. The number of halogens is 2. The Morgan fingerprint density at radius 1 is 0.483 bits per heavy atom. The summed E-state index contributed by atoms with van der Waals surface area (Å²) in [4.78, 5) is 55.3. The summed E-state index contributed by atoms with van der Waals surface area (Å²) in [5, 5.41) is 31.7. The first kappa shape index (κ1) is 65.3. The molecule has 2 aliphatic heterocycles. The van der Waals surface area contributed by atoms with Crippen LogP contribution in [0.15, 0.2) is 124 Å². The molecule has 0 saturated carbocycles. The molecule has 6 heterocycles. The second kappa shape index (κ2) is 31.8. The van der Waals surface area contributed by atoms with Gasteiger partial charge in [0.25, 0.3) is 0 Å². The lowest BCUT2D eigenvalue weighted by Crippen LogP contribution is -2.33. The van der Waals surface area contributed by atoms with Crippen LogP contribution in [0, 0.1) is 13.8 Å². The van der Waals surface area contributed by atoms with E-state index in [0.717, 1.165) is 20.1 Å². The number of hydrogen-bond acceptors (Lipinski definition) is 23. The molecule has 2 aromatic carbocycles. The molecule has 2 atom stereocenters. The van der Waals surface area contributed by atoms with Gasteiger partial charge >= 0.3 is 23.9 Å². The number of aryl methyl sites for hydroxylation is 2. The average Bonchev–Trinajstić information content (AvgIpc) is 2.90. The van der Waals surface area contributed by atoms with Crippen LogP contribution in [-0.4, -0.2) is 143 Å². The highest BCUT2D eigenvalue weighted by molar-refractivity contribution is 9.11. The van der Waals surface area contributed by atoms with E-state index in [4.69, 9.17) is 51.7 Å². The van der Waals surface area contributed by atoms with Crippen LogP contribution < -0.4 is 10.6 Å². The molecule has 25 nitrogen and oxygen atoms in total. The van der Waals surface area contributed by atoms with Gasteiger partial charge in [-0.1, -0.05) is 89.0 Å². The maximum Gasteiger partial charge on any atom is 0.337 e. The number of dihydropyridines is 2. The zero-order valence-corrected chi connectivity index (χ0v) is 52.9. The number of esters is 4. The van der Waals surface area contributed by atoms with Crippen LogP contribution in [0.4, 0.5) is 0 Å². The lowest BCUT2D eigenvalue weighted by atomic mass is 9.78. The SMILES string of the molecule is CCOC(=O)C1=C(C)NC(C)=C(C(=O)OCc2cn(CCOCCOCCOCCOCCOCCn3cc(COC(=O)C4=C(C)NC(C)=C(C(=O)OCC)C4c4c(-c5ccccc5Br)noc4C)nn3)nn2)C1c1c(-c2ccccc2Br)noc1C.